The van der Waals surface area contributed by atoms with Gasteiger partial charge in [-0.05, 0) is 47.9 Å². The molecule has 4 rings (SSSR count). The number of H-pyrrole nitrogens is 1. The summed E-state index contributed by atoms with van der Waals surface area (Å²) in [5, 5.41) is 18.2. The van der Waals surface area contributed by atoms with E-state index in [1.807, 2.05) is 23.2 Å². The standard InChI is InChI=1S/C20H19N3O2S/c1-2-20(25)23-8-7-16(12-23)26-19-10-14(9-18-17(19)11-21-22-18)13-3-5-15(24)6-4-13/h2-6,9-11,16,24H,1,7-8,12H2,(H,21,22)/t16-/m0/s1. The lowest BCUT2D eigenvalue weighted by Gasteiger charge is -2.15. The number of hydrogen-bond donors (Lipinski definition) is 2. The Labute approximate surface area is 155 Å². The molecule has 1 aliphatic rings. The number of nitrogens with one attached hydrogen (secondary N) is 1. The van der Waals surface area contributed by atoms with Crippen LogP contribution < -0.4 is 0 Å². The molecule has 3 aromatic rings. The fourth-order valence-electron chi connectivity index (χ4n) is 3.27. The van der Waals surface area contributed by atoms with Crippen molar-refractivity contribution >= 4 is 28.6 Å². The maximum Gasteiger partial charge on any atom is 0.245 e. The fourth-order valence-corrected chi connectivity index (χ4v) is 4.59. The first-order valence-electron chi connectivity index (χ1n) is 8.48. The topological polar surface area (TPSA) is 69.2 Å². The molecule has 1 aliphatic heterocycles. The maximum absolute atomic E-state index is 11.8. The predicted octanol–water partition coefficient (Wildman–Crippen LogP) is 3.81. The average Bonchev–Trinajstić information content (AvgIpc) is 3.31. The number of fused-ring (bicyclic) bond motifs is 1. The number of amides is 1. The van der Waals surface area contributed by atoms with E-state index in [1.54, 1.807) is 23.9 Å². The van der Waals surface area contributed by atoms with Gasteiger partial charge in [-0.1, -0.05) is 18.7 Å². The molecule has 26 heavy (non-hydrogen) atoms. The van der Waals surface area contributed by atoms with Gasteiger partial charge < -0.3 is 10.0 Å². The summed E-state index contributed by atoms with van der Waals surface area (Å²) in [6, 6.07) is 11.4. The Kier molecular flexibility index (Phi) is 4.42. The third-order valence-electron chi connectivity index (χ3n) is 4.65. The molecule has 6 heteroatoms. The highest BCUT2D eigenvalue weighted by Crippen LogP contribution is 2.37. The number of benzene rings is 2. The van der Waals surface area contributed by atoms with Crippen molar-refractivity contribution in [2.75, 3.05) is 13.1 Å². The van der Waals surface area contributed by atoms with E-state index in [2.05, 4.69) is 28.9 Å². The van der Waals surface area contributed by atoms with Gasteiger partial charge >= 0.3 is 0 Å². The number of phenols is 1. The third-order valence-corrected chi connectivity index (χ3v) is 5.96. The molecule has 2 aromatic carbocycles. The largest absolute Gasteiger partial charge is 0.508 e. The minimum Gasteiger partial charge on any atom is -0.508 e. The van der Waals surface area contributed by atoms with Crippen LogP contribution >= 0.6 is 11.8 Å². The Bertz CT molecular complexity index is 965. The molecule has 132 valence electrons. The Balaban J connectivity index is 1.64. The monoisotopic (exact) mass is 365 g/mol. The molecule has 0 bridgehead atoms. The first kappa shape index (κ1) is 16.7. The summed E-state index contributed by atoms with van der Waals surface area (Å²) in [6.45, 7) is 5.08. The molecule has 2 N–H and O–H groups in total. The van der Waals surface area contributed by atoms with Gasteiger partial charge in [0.2, 0.25) is 5.91 Å². The SMILES string of the molecule is C=CC(=O)N1CC[C@H](Sc2cc(-c3ccc(O)cc3)cc3[nH]ncc23)C1. The highest BCUT2D eigenvalue weighted by Gasteiger charge is 2.26. The molecule has 5 nitrogen and oxygen atoms in total. The van der Waals surface area contributed by atoms with Crippen molar-refractivity contribution in [3.63, 3.8) is 0 Å². The van der Waals surface area contributed by atoms with E-state index in [0.717, 1.165) is 46.4 Å². The van der Waals surface area contributed by atoms with Gasteiger partial charge in [-0.2, -0.15) is 5.10 Å². The summed E-state index contributed by atoms with van der Waals surface area (Å²) >= 11 is 1.79. The highest BCUT2D eigenvalue weighted by atomic mass is 32.2. The van der Waals surface area contributed by atoms with Gasteiger partial charge in [0.1, 0.15) is 5.75 Å². The van der Waals surface area contributed by atoms with Crippen molar-refractivity contribution < 1.29 is 9.90 Å². The number of rotatable bonds is 4. The van der Waals surface area contributed by atoms with Gasteiger partial charge in [0.15, 0.2) is 0 Å². The summed E-state index contributed by atoms with van der Waals surface area (Å²) in [5.41, 5.74) is 3.09. The number of thioether (sulfide) groups is 1. The van der Waals surface area contributed by atoms with Crippen LogP contribution in [0.15, 0.2) is 60.1 Å². The van der Waals surface area contributed by atoms with Crippen molar-refractivity contribution in [1.29, 1.82) is 0 Å². The van der Waals surface area contributed by atoms with E-state index in [-0.39, 0.29) is 11.7 Å². The molecule has 1 aromatic heterocycles. The Morgan fingerprint density at radius 1 is 1.31 bits per heavy atom. The zero-order valence-electron chi connectivity index (χ0n) is 14.2. The van der Waals surface area contributed by atoms with Crippen molar-refractivity contribution in [3.8, 4) is 16.9 Å². The molecule has 0 radical (unpaired) electrons. The normalized spacial score (nSPS) is 16.9. The van der Waals surface area contributed by atoms with Crippen LogP contribution in [0.1, 0.15) is 6.42 Å². The summed E-state index contributed by atoms with van der Waals surface area (Å²) in [4.78, 5) is 14.8. The Morgan fingerprint density at radius 3 is 2.88 bits per heavy atom. The average molecular weight is 365 g/mol. The second kappa shape index (κ2) is 6.88. The first-order valence-corrected chi connectivity index (χ1v) is 9.36. The number of aromatic nitrogens is 2. The smallest absolute Gasteiger partial charge is 0.245 e. The van der Waals surface area contributed by atoms with Gasteiger partial charge in [-0.3, -0.25) is 9.89 Å². The van der Waals surface area contributed by atoms with E-state index >= 15 is 0 Å². The molecule has 0 saturated carbocycles. The lowest BCUT2D eigenvalue weighted by Crippen LogP contribution is -2.26. The highest BCUT2D eigenvalue weighted by molar-refractivity contribution is 8.00. The summed E-state index contributed by atoms with van der Waals surface area (Å²) in [5.74, 6) is 0.253. The van der Waals surface area contributed by atoms with Crippen LogP contribution in [-0.4, -0.2) is 44.5 Å². The zero-order valence-corrected chi connectivity index (χ0v) is 15.0. The van der Waals surface area contributed by atoms with Crippen molar-refractivity contribution in [2.45, 2.75) is 16.6 Å². The second-order valence-electron chi connectivity index (χ2n) is 6.37. The van der Waals surface area contributed by atoms with Gasteiger partial charge in [0, 0.05) is 28.6 Å². The zero-order chi connectivity index (χ0) is 18.1. The lowest BCUT2D eigenvalue weighted by atomic mass is 10.0. The molecule has 0 aliphatic carbocycles. The van der Waals surface area contributed by atoms with Crippen LogP contribution in [0.25, 0.3) is 22.0 Å². The molecule has 0 spiro atoms. The van der Waals surface area contributed by atoms with Gasteiger partial charge in [-0.25, -0.2) is 0 Å². The van der Waals surface area contributed by atoms with E-state index < -0.39 is 0 Å². The second-order valence-corrected chi connectivity index (χ2v) is 7.71. The molecule has 1 fully saturated rings. The quantitative estimate of drug-likeness (QED) is 0.690. The van der Waals surface area contributed by atoms with Crippen molar-refractivity contribution in [3.05, 3.63) is 55.3 Å². The van der Waals surface area contributed by atoms with Crippen LogP contribution in [0.3, 0.4) is 0 Å². The van der Waals surface area contributed by atoms with Crippen LogP contribution in [0.2, 0.25) is 0 Å². The van der Waals surface area contributed by atoms with Crippen LogP contribution in [-0.2, 0) is 4.79 Å². The number of nitrogens with zero attached hydrogens (tertiary/aromatic N) is 2. The molecule has 0 unspecified atom stereocenters. The molecule has 1 atom stereocenters. The molecule has 1 amide bonds. The van der Waals surface area contributed by atoms with Crippen molar-refractivity contribution in [2.24, 2.45) is 0 Å². The molecule has 1 saturated heterocycles. The number of hydrogen-bond acceptors (Lipinski definition) is 4. The molecular weight excluding hydrogens is 346 g/mol. The summed E-state index contributed by atoms with van der Waals surface area (Å²) in [7, 11) is 0. The van der Waals surface area contributed by atoms with Crippen LogP contribution in [0.4, 0.5) is 0 Å². The van der Waals surface area contributed by atoms with Crippen molar-refractivity contribution in [1.82, 2.24) is 15.1 Å². The van der Waals surface area contributed by atoms with E-state index in [0.29, 0.717) is 5.25 Å². The van der Waals surface area contributed by atoms with E-state index in [1.165, 1.54) is 6.08 Å². The number of aromatic hydroxyl groups is 1. The lowest BCUT2D eigenvalue weighted by molar-refractivity contribution is -0.124. The minimum absolute atomic E-state index is 0.000554. The minimum atomic E-state index is -0.000554. The van der Waals surface area contributed by atoms with Gasteiger partial charge in [0.25, 0.3) is 0 Å². The summed E-state index contributed by atoms with van der Waals surface area (Å²) in [6.07, 6.45) is 4.19. The number of carbonyl (C=O) groups excluding carboxylic acids is 1. The number of aromatic amines is 1. The van der Waals surface area contributed by atoms with Gasteiger partial charge in [0.05, 0.1) is 11.7 Å². The van der Waals surface area contributed by atoms with Crippen LogP contribution in [0.5, 0.6) is 5.75 Å². The van der Waals surface area contributed by atoms with Gasteiger partial charge in [-0.15, -0.1) is 11.8 Å². The maximum atomic E-state index is 11.8. The number of likely N-dealkylation sites (tertiary alicyclic amines) is 1. The van der Waals surface area contributed by atoms with Crippen LogP contribution in [0, 0.1) is 0 Å². The third kappa shape index (κ3) is 3.20. The Morgan fingerprint density at radius 2 is 2.12 bits per heavy atom. The Hall–Kier alpha value is -2.73. The predicted molar refractivity (Wildman–Crippen MR) is 104 cm³/mol. The first-order chi connectivity index (χ1) is 12.6. The summed E-state index contributed by atoms with van der Waals surface area (Å²) < 4.78 is 0. The fraction of sp³-hybridized carbons (Fsp3) is 0.200. The van der Waals surface area contributed by atoms with E-state index in [4.69, 9.17) is 0 Å². The van der Waals surface area contributed by atoms with E-state index in [9.17, 15) is 9.90 Å². The molecular formula is C20H19N3O2S. The molecule has 2 heterocycles. The number of carbonyl (C=O) groups is 1. The number of phenolic OH excluding ortho intramolecular Hbond substituents is 1.